The molecule has 3 rings (SSSR count). The van der Waals surface area contributed by atoms with Gasteiger partial charge in [-0.05, 0) is 31.8 Å². The van der Waals surface area contributed by atoms with Crippen LogP contribution in [-0.2, 0) is 28.4 Å². The van der Waals surface area contributed by atoms with Gasteiger partial charge in [0.2, 0.25) is 0 Å². The standard InChI is InChI=1S/C23H33N3O5/c1-24-15-17(22(29)25(2)23(24)30)13-14-21(28)31-16-20(27)26(18-9-5-3-6-10-18)19-11-7-4-8-12-19/h13-15,18-19H,3-12,16H2,1-2H3/b14-13+. The van der Waals surface area contributed by atoms with E-state index >= 15 is 0 Å². The third-order valence-corrected chi connectivity index (χ3v) is 6.43. The van der Waals surface area contributed by atoms with E-state index in [2.05, 4.69) is 0 Å². The highest BCUT2D eigenvalue weighted by Crippen LogP contribution is 2.30. The van der Waals surface area contributed by atoms with Gasteiger partial charge in [0.25, 0.3) is 11.5 Å². The number of ether oxygens (including phenoxy) is 1. The van der Waals surface area contributed by atoms with Crippen molar-refractivity contribution in [2.24, 2.45) is 14.1 Å². The minimum atomic E-state index is -0.684. The number of hydrogen-bond acceptors (Lipinski definition) is 5. The van der Waals surface area contributed by atoms with Crippen LogP contribution in [0.15, 0.2) is 21.9 Å². The quantitative estimate of drug-likeness (QED) is 0.508. The van der Waals surface area contributed by atoms with Gasteiger partial charge in [0.05, 0.1) is 5.56 Å². The first-order chi connectivity index (χ1) is 14.9. The van der Waals surface area contributed by atoms with Gasteiger partial charge in [-0.25, -0.2) is 9.59 Å². The van der Waals surface area contributed by atoms with Crippen LogP contribution in [0.5, 0.6) is 0 Å². The molecule has 0 N–H and O–H groups in total. The second-order valence-corrected chi connectivity index (χ2v) is 8.67. The number of carbonyl (C=O) groups excluding carboxylic acids is 2. The van der Waals surface area contributed by atoms with Crippen molar-refractivity contribution in [1.29, 1.82) is 0 Å². The van der Waals surface area contributed by atoms with Crippen molar-refractivity contribution in [2.75, 3.05) is 6.61 Å². The van der Waals surface area contributed by atoms with E-state index in [4.69, 9.17) is 4.74 Å². The molecule has 1 aromatic heterocycles. The average Bonchev–Trinajstić information content (AvgIpc) is 2.79. The molecule has 2 saturated carbocycles. The van der Waals surface area contributed by atoms with Gasteiger partial charge < -0.3 is 14.2 Å². The molecule has 0 radical (unpaired) electrons. The van der Waals surface area contributed by atoms with Gasteiger partial charge in [-0.3, -0.25) is 14.2 Å². The smallest absolute Gasteiger partial charge is 0.331 e. The normalized spacial score (nSPS) is 18.3. The molecule has 2 aliphatic rings. The van der Waals surface area contributed by atoms with Crippen LogP contribution in [0, 0.1) is 0 Å². The monoisotopic (exact) mass is 431 g/mol. The molecular weight excluding hydrogens is 398 g/mol. The Morgan fingerprint density at radius 3 is 2.10 bits per heavy atom. The summed E-state index contributed by atoms with van der Waals surface area (Å²) in [6.07, 6.45) is 14.9. The zero-order valence-corrected chi connectivity index (χ0v) is 18.5. The summed E-state index contributed by atoms with van der Waals surface area (Å²) in [4.78, 5) is 51.1. The molecular formula is C23H33N3O5. The Kier molecular flexibility index (Phi) is 7.87. The highest BCUT2D eigenvalue weighted by Gasteiger charge is 2.32. The zero-order chi connectivity index (χ0) is 22.4. The highest BCUT2D eigenvalue weighted by atomic mass is 16.5. The summed E-state index contributed by atoms with van der Waals surface area (Å²) in [5.74, 6) is -0.810. The summed E-state index contributed by atoms with van der Waals surface area (Å²) in [6.45, 7) is -0.290. The lowest BCUT2D eigenvalue weighted by Crippen LogP contribution is -2.50. The number of aryl methyl sites for hydroxylation is 1. The van der Waals surface area contributed by atoms with E-state index in [9.17, 15) is 19.2 Å². The molecule has 170 valence electrons. The summed E-state index contributed by atoms with van der Waals surface area (Å²) < 4.78 is 7.46. The molecule has 0 aromatic carbocycles. The Morgan fingerprint density at radius 1 is 1.00 bits per heavy atom. The van der Waals surface area contributed by atoms with Crippen LogP contribution in [0.2, 0.25) is 0 Å². The molecule has 0 saturated heterocycles. The van der Waals surface area contributed by atoms with E-state index in [0.717, 1.165) is 62.0 Å². The number of carbonyl (C=O) groups is 2. The maximum absolute atomic E-state index is 13.0. The van der Waals surface area contributed by atoms with Crippen molar-refractivity contribution < 1.29 is 14.3 Å². The van der Waals surface area contributed by atoms with Gasteiger partial charge in [0.1, 0.15) is 0 Å². The molecule has 2 fully saturated rings. The van der Waals surface area contributed by atoms with Gasteiger partial charge >= 0.3 is 11.7 Å². The van der Waals surface area contributed by atoms with Crippen LogP contribution >= 0.6 is 0 Å². The van der Waals surface area contributed by atoms with E-state index in [1.165, 1.54) is 43.8 Å². The number of aromatic nitrogens is 2. The minimum Gasteiger partial charge on any atom is -0.452 e. The van der Waals surface area contributed by atoms with E-state index < -0.39 is 17.2 Å². The van der Waals surface area contributed by atoms with E-state index in [-0.39, 0.29) is 30.2 Å². The Labute approximate surface area is 182 Å². The molecule has 8 nitrogen and oxygen atoms in total. The second kappa shape index (κ2) is 10.6. The fourth-order valence-corrected chi connectivity index (χ4v) is 4.79. The van der Waals surface area contributed by atoms with Crippen molar-refractivity contribution in [1.82, 2.24) is 14.0 Å². The Bertz CT molecular complexity index is 916. The van der Waals surface area contributed by atoms with E-state index in [1.807, 2.05) is 4.90 Å². The van der Waals surface area contributed by atoms with Gasteiger partial charge in [0, 0.05) is 38.5 Å². The Morgan fingerprint density at radius 2 is 1.55 bits per heavy atom. The first kappa shape index (κ1) is 23.0. The second-order valence-electron chi connectivity index (χ2n) is 8.67. The highest BCUT2D eigenvalue weighted by molar-refractivity contribution is 5.89. The lowest BCUT2D eigenvalue weighted by atomic mass is 9.88. The fraction of sp³-hybridized carbons (Fsp3) is 0.652. The van der Waals surface area contributed by atoms with Crippen molar-refractivity contribution >= 4 is 18.0 Å². The van der Waals surface area contributed by atoms with E-state index in [0.29, 0.717) is 0 Å². The summed E-state index contributed by atoms with van der Waals surface area (Å²) in [5.41, 5.74) is -0.747. The fourth-order valence-electron chi connectivity index (χ4n) is 4.79. The largest absolute Gasteiger partial charge is 0.452 e. The molecule has 0 atom stereocenters. The number of nitrogens with zero attached hydrogens (tertiary/aromatic N) is 3. The molecule has 1 aromatic rings. The Balaban J connectivity index is 1.63. The summed E-state index contributed by atoms with van der Waals surface area (Å²) in [6, 6.07) is 0.486. The minimum absolute atomic E-state index is 0.126. The maximum Gasteiger partial charge on any atom is 0.331 e. The Hall–Kier alpha value is -2.64. The van der Waals surface area contributed by atoms with Gasteiger partial charge in [-0.1, -0.05) is 38.5 Å². The topological polar surface area (TPSA) is 90.6 Å². The first-order valence-electron chi connectivity index (χ1n) is 11.3. The molecule has 31 heavy (non-hydrogen) atoms. The SMILES string of the molecule is Cn1cc(/C=C/C(=O)OCC(=O)N(C2CCCCC2)C2CCCCC2)c(=O)n(C)c1=O. The molecule has 1 amide bonds. The predicted octanol–water partition coefficient (Wildman–Crippen LogP) is 2.13. The number of esters is 1. The van der Waals surface area contributed by atoms with Crippen LogP contribution in [0.1, 0.15) is 69.8 Å². The average molecular weight is 432 g/mol. The molecule has 0 spiro atoms. The van der Waals surface area contributed by atoms with Crippen LogP contribution in [0.25, 0.3) is 6.08 Å². The van der Waals surface area contributed by atoms with Crippen molar-refractivity contribution in [3.05, 3.63) is 38.7 Å². The van der Waals surface area contributed by atoms with Crippen molar-refractivity contribution in [2.45, 2.75) is 76.3 Å². The number of amides is 1. The van der Waals surface area contributed by atoms with Gasteiger partial charge in [-0.15, -0.1) is 0 Å². The summed E-state index contributed by atoms with van der Waals surface area (Å²) in [7, 11) is 2.91. The van der Waals surface area contributed by atoms with Crippen molar-refractivity contribution in [3.63, 3.8) is 0 Å². The van der Waals surface area contributed by atoms with E-state index in [1.54, 1.807) is 0 Å². The van der Waals surface area contributed by atoms with Gasteiger partial charge in [0.15, 0.2) is 6.61 Å². The molecule has 0 aliphatic heterocycles. The van der Waals surface area contributed by atoms with Crippen LogP contribution in [-0.4, -0.2) is 44.6 Å². The lowest BCUT2D eigenvalue weighted by molar-refractivity contribution is -0.152. The number of rotatable bonds is 6. The summed E-state index contributed by atoms with van der Waals surface area (Å²) >= 11 is 0. The third kappa shape index (κ3) is 5.74. The van der Waals surface area contributed by atoms with Crippen LogP contribution in [0.3, 0.4) is 0 Å². The number of hydrogen-bond donors (Lipinski definition) is 0. The first-order valence-corrected chi connectivity index (χ1v) is 11.3. The van der Waals surface area contributed by atoms with Gasteiger partial charge in [-0.2, -0.15) is 0 Å². The molecule has 0 bridgehead atoms. The third-order valence-electron chi connectivity index (χ3n) is 6.43. The van der Waals surface area contributed by atoms with Crippen molar-refractivity contribution in [3.8, 4) is 0 Å². The lowest BCUT2D eigenvalue weighted by Gasteiger charge is -2.41. The molecule has 8 heteroatoms. The molecule has 1 heterocycles. The predicted molar refractivity (Wildman–Crippen MR) is 118 cm³/mol. The summed E-state index contributed by atoms with van der Waals surface area (Å²) in [5, 5.41) is 0. The van der Waals surface area contributed by atoms with Crippen LogP contribution < -0.4 is 11.2 Å². The molecule has 0 unspecified atom stereocenters. The molecule has 2 aliphatic carbocycles. The van der Waals surface area contributed by atoms with Crippen LogP contribution in [0.4, 0.5) is 0 Å². The zero-order valence-electron chi connectivity index (χ0n) is 18.5. The maximum atomic E-state index is 13.0.